The van der Waals surface area contributed by atoms with Crippen LogP contribution in [0.5, 0.6) is 0 Å². The lowest BCUT2D eigenvalue weighted by molar-refractivity contribution is -0.123. The second-order valence-electron chi connectivity index (χ2n) is 7.72. The quantitative estimate of drug-likeness (QED) is 0.472. The fraction of sp³-hybridized carbons (Fsp3) is 0.192. The molecule has 1 aliphatic rings. The average molecular weight is 442 g/mol. The maximum absolute atomic E-state index is 13.0. The molecule has 0 N–H and O–H groups in total. The Hall–Kier alpha value is -3.56. The Bertz CT molecular complexity index is 1280. The van der Waals surface area contributed by atoms with Gasteiger partial charge in [-0.15, -0.1) is 0 Å². The van der Waals surface area contributed by atoms with Gasteiger partial charge < -0.3 is 4.57 Å². The molecule has 6 heteroatoms. The van der Waals surface area contributed by atoms with Gasteiger partial charge in [-0.2, -0.15) is 5.26 Å². The lowest BCUT2D eigenvalue weighted by Gasteiger charge is -2.13. The molecule has 0 unspecified atom stereocenters. The number of rotatable bonds is 5. The summed E-state index contributed by atoms with van der Waals surface area (Å²) in [5.74, 6) is -0.329. The first-order valence-electron chi connectivity index (χ1n) is 10.4. The minimum absolute atomic E-state index is 0.0918. The summed E-state index contributed by atoms with van der Waals surface area (Å²) < 4.78 is 2.15. The first-order chi connectivity index (χ1) is 15.4. The molecular formula is C26H23N3O2S. The Kier molecular flexibility index (Phi) is 6.02. The van der Waals surface area contributed by atoms with Crippen molar-refractivity contribution in [1.29, 1.82) is 5.26 Å². The number of aromatic nitrogens is 1. The van der Waals surface area contributed by atoms with Gasteiger partial charge in [-0.1, -0.05) is 37.3 Å². The van der Waals surface area contributed by atoms with E-state index in [1.807, 2.05) is 19.9 Å². The monoisotopic (exact) mass is 441 g/mol. The van der Waals surface area contributed by atoms with Crippen molar-refractivity contribution in [2.75, 3.05) is 0 Å². The summed E-state index contributed by atoms with van der Waals surface area (Å²) in [5.41, 5.74) is 6.44. The molecule has 32 heavy (non-hydrogen) atoms. The smallest absolute Gasteiger partial charge is 0.293 e. The summed E-state index contributed by atoms with van der Waals surface area (Å²) in [6.07, 6.45) is 2.78. The minimum Gasteiger partial charge on any atom is -0.318 e. The third-order valence-electron chi connectivity index (χ3n) is 5.70. The number of nitrogens with zero attached hydrogens (tertiary/aromatic N) is 3. The van der Waals surface area contributed by atoms with Crippen LogP contribution in [0.3, 0.4) is 0 Å². The Labute approximate surface area is 192 Å². The topological polar surface area (TPSA) is 66.1 Å². The standard InChI is InChI=1S/C26H23N3O2S/c1-4-19-9-11-23(12-10-19)29-17(2)13-22(18(29)3)14-24-25(30)28(26(31)32-24)16-21-8-6-5-7-20(21)15-27/h5-14H,4,16H2,1-3H3/b24-14+. The zero-order valence-corrected chi connectivity index (χ0v) is 19.1. The van der Waals surface area contributed by atoms with Crippen molar-refractivity contribution in [3.05, 3.63) is 93.1 Å². The molecule has 1 fully saturated rings. The third kappa shape index (κ3) is 4.00. The molecule has 5 nitrogen and oxygen atoms in total. The molecule has 0 saturated carbocycles. The number of carbonyl (C=O) groups excluding carboxylic acids is 2. The fourth-order valence-electron chi connectivity index (χ4n) is 3.93. The molecular weight excluding hydrogens is 418 g/mol. The van der Waals surface area contributed by atoms with Gasteiger partial charge in [0.1, 0.15) is 0 Å². The molecule has 0 radical (unpaired) electrons. The van der Waals surface area contributed by atoms with Gasteiger partial charge in [0, 0.05) is 17.1 Å². The van der Waals surface area contributed by atoms with Crippen molar-refractivity contribution in [1.82, 2.24) is 9.47 Å². The lowest BCUT2D eigenvalue weighted by atomic mass is 10.1. The van der Waals surface area contributed by atoms with E-state index in [1.54, 1.807) is 30.3 Å². The van der Waals surface area contributed by atoms with E-state index in [2.05, 4.69) is 41.8 Å². The first kappa shape index (κ1) is 21.7. The van der Waals surface area contributed by atoms with Gasteiger partial charge in [-0.25, -0.2) is 0 Å². The number of imide groups is 1. The summed E-state index contributed by atoms with van der Waals surface area (Å²) in [6, 6.07) is 19.6. The summed E-state index contributed by atoms with van der Waals surface area (Å²) in [7, 11) is 0. The Morgan fingerprint density at radius 1 is 1.06 bits per heavy atom. The highest BCUT2D eigenvalue weighted by Gasteiger charge is 2.35. The average Bonchev–Trinajstić information content (AvgIpc) is 3.23. The van der Waals surface area contributed by atoms with Crippen LogP contribution in [0.4, 0.5) is 4.79 Å². The van der Waals surface area contributed by atoms with Crippen molar-refractivity contribution < 1.29 is 9.59 Å². The van der Waals surface area contributed by atoms with Crippen LogP contribution in [-0.4, -0.2) is 20.6 Å². The SMILES string of the molecule is CCc1ccc(-n2c(C)cc(/C=C3/SC(=O)N(Cc4ccccc4C#N)C3=O)c2C)cc1. The maximum atomic E-state index is 13.0. The molecule has 160 valence electrons. The minimum atomic E-state index is -0.329. The highest BCUT2D eigenvalue weighted by molar-refractivity contribution is 8.18. The van der Waals surface area contributed by atoms with E-state index >= 15 is 0 Å². The van der Waals surface area contributed by atoms with E-state index in [-0.39, 0.29) is 17.7 Å². The zero-order chi connectivity index (χ0) is 22.8. The van der Waals surface area contributed by atoms with E-state index in [9.17, 15) is 14.9 Å². The number of benzene rings is 2. The van der Waals surface area contributed by atoms with Crippen molar-refractivity contribution in [3.8, 4) is 11.8 Å². The van der Waals surface area contributed by atoms with Gasteiger partial charge in [0.15, 0.2) is 0 Å². The van der Waals surface area contributed by atoms with Crippen LogP contribution < -0.4 is 0 Å². The van der Waals surface area contributed by atoms with Crippen LogP contribution in [0.25, 0.3) is 11.8 Å². The maximum Gasteiger partial charge on any atom is 0.293 e. The van der Waals surface area contributed by atoms with Gasteiger partial charge >= 0.3 is 0 Å². The summed E-state index contributed by atoms with van der Waals surface area (Å²) in [6.45, 7) is 6.27. The molecule has 3 aromatic rings. The van der Waals surface area contributed by atoms with Crippen LogP contribution in [0.1, 0.15) is 40.6 Å². The Morgan fingerprint density at radius 3 is 2.47 bits per heavy atom. The summed E-state index contributed by atoms with van der Waals surface area (Å²) in [4.78, 5) is 27.2. The number of nitriles is 1. The van der Waals surface area contributed by atoms with Gasteiger partial charge in [0.25, 0.3) is 11.1 Å². The predicted molar refractivity (Wildman–Crippen MR) is 127 cm³/mol. The molecule has 0 bridgehead atoms. The number of amides is 2. The normalized spacial score (nSPS) is 14.9. The first-order valence-corrected chi connectivity index (χ1v) is 11.3. The number of carbonyl (C=O) groups is 2. The van der Waals surface area contributed by atoms with E-state index in [4.69, 9.17) is 0 Å². The molecule has 0 spiro atoms. The highest BCUT2D eigenvalue weighted by Crippen LogP contribution is 2.35. The molecule has 4 rings (SSSR count). The number of aryl methyl sites for hydroxylation is 2. The van der Waals surface area contributed by atoms with Crippen molar-refractivity contribution in [2.45, 2.75) is 33.7 Å². The predicted octanol–water partition coefficient (Wildman–Crippen LogP) is 5.76. The molecule has 2 aromatic carbocycles. The van der Waals surface area contributed by atoms with Gasteiger partial charge in [0.2, 0.25) is 0 Å². The lowest BCUT2D eigenvalue weighted by Crippen LogP contribution is -2.27. The van der Waals surface area contributed by atoms with Crippen LogP contribution in [0.15, 0.2) is 59.5 Å². The zero-order valence-electron chi connectivity index (χ0n) is 18.3. The van der Waals surface area contributed by atoms with Gasteiger partial charge in [-0.3, -0.25) is 14.5 Å². The molecule has 2 amide bonds. The van der Waals surface area contributed by atoms with Crippen LogP contribution in [0.2, 0.25) is 0 Å². The second kappa shape index (κ2) is 8.89. The molecule has 2 heterocycles. The molecule has 1 aromatic heterocycles. The summed E-state index contributed by atoms with van der Waals surface area (Å²) >= 11 is 0.940. The van der Waals surface area contributed by atoms with Crippen LogP contribution >= 0.6 is 11.8 Å². The number of thioether (sulfide) groups is 1. The van der Waals surface area contributed by atoms with Crippen molar-refractivity contribution >= 4 is 29.0 Å². The Balaban J connectivity index is 1.62. The van der Waals surface area contributed by atoms with Crippen molar-refractivity contribution in [3.63, 3.8) is 0 Å². The second-order valence-corrected chi connectivity index (χ2v) is 8.71. The molecule has 1 aliphatic heterocycles. The van der Waals surface area contributed by atoms with E-state index < -0.39 is 0 Å². The highest BCUT2D eigenvalue weighted by atomic mass is 32.2. The summed E-state index contributed by atoms with van der Waals surface area (Å²) in [5, 5.41) is 8.97. The number of hydrogen-bond donors (Lipinski definition) is 0. The largest absolute Gasteiger partial charge is 0.318 e. The van der Waals surface area contributed by atoms with E-state index in [0.29, 0.717) is 16.0 Å². The third-order valence-corrected chi connectivity index (χ3v) is 6.61. The van der Waals surface area contributed by atoms with Crippen LogP contribution in [0, 0.1) is 25.2 Å². The van der Waals surface area contributed by atoms with Crippen LogP contribution in [-0.2, 0) is 17.8 Å². The van der Waals surface area contributed by atoms with Gasteiger partial charge in [0.05, 0.1) is 23.1 Å². The molecule has 1 saturated heterocycles. The molecule has 0 aliphatic carbocycles. The molecule has 0 atom stereocenters. The fourth-order valence-corrected chi connectivity index (χ4v) is 4.76. The van der Waals surface area contributed by atoms with Gasteiger partial charge in [-0.05, 0) is 79.1 Å². The van der Waals surface area contributed by atoms with Crippen molar-refractivity contribution in [2.24, 2.45) is 0 Å². The number of hydrogen-bond acceptors (Lipinski definition) is 4. The Morgan fingerprint density at radius 2 is 1.78 bits per heavy atom. The van der Waals surface area contributed by atoms with E-state index in [1.165, 1.54) is 10.5 Å². The van der Waals surface area contributed by atoms with E-state index in [0.717, 1.165) is 40.8 Å².